The highest BCUT2D eigenvalue weighted by atomic mass is 32.1. The number of aliphatic imine (C=N–C) groups is 2. The fourth-order valence-electron chi connectivity index (χ4n) is 17.5. The third-order valence-electron chi connectivity index (χ3n) is 23.5. The molecule has 5 heterocycles. The van der Waals surface area contributed by atoms with Crippen LogP contribution >= 0.6 is 11.3 Å². The van der Waals surface area contributed by atoms with Crippen molar-refractivity contribution in [1.82, 2.24) is 15.0 Å². The van der Waals surface area contributed by atoms with E-state index in [-0.39, 0.29) is 5.92 Å². The lowest BCUT2D eigenvalue weighted by molar-refractivity contribution is 0.668. The summed E-state index contributed by atoms with van der Waals surface area (Å²) in [4.78, 5) is 26.9. The zero-order valence-electron chi connectivity index (χ0n) is 63.0. The van der Waals surface area contributed by atoms with Gasteiger partial charge in [-0.3, -0.25) is 0 Å². The van der Waals surface area contributed by atoms with E-state index in [1.54, 1.807) is 0 Å². The molecule has 17 aromatic carbocycles. The van der Waals surface area contributed by atoms with Gasteiger partial charge in [-0.2, -0.15) is 0 Å². The minimum absolute atomic E-state index is 0.142. The summed E-state index contributed by atoms with van der Waals surface area (Å²) in [6.45, 7) is 4.67. The lowest BCUT2D eigenvalue weighted by Crippen LogP contribution is -2.16. The zero-order chi connectivity index (χ0) is 77.3. The number of furan rings is 3. The van der Waals surface area contributed by atoms with Crippen molar-refractivity contribution >= 4 is 153 Å². The van der Waals surface area contributed by atoms with E-state index >= 15 is 0 Å². The maximum atomic E-state index is 7.25. The van der Waals surface area contributed by atoms with E-state index in [1.165, 1.54) is 47.6 Å². The van der Waals surface area contributed by atoms with Gasteiger partial charge >= 0.3 is 0 Å². The fourth-order valence-corrected chi connectivity index (χ4v) is 18.6. The molecular weight excluding hydrogens is 1450 g/mol. The average molecular weight is 1520 g/mol. The Morgan fingerprint density at radius 1 is 0.359 bits per heavy atom. The molecule has 1 unspecified atom stereocenters. The number of allylic oxidation sites excluding steroid dienone is 1. The van der Waals surface area contributed by atoms with Crippen LogP contribution in [-0.4, -0.2) is 26.6 Å². The fraction of sp³-hybridized carbons (Fsp3) is 0.0187. The Kier molecular flexibility index (Phi) is 15.7. The van der Waals surface area contributed by atoms with Crippen LogP contribution in [0.25, 0.3) is 209 Å². The van der Waals surface area contributed by atoms with Gasteiger partial charge in [-0.15, -0.1) is 11.3 Å². The van der Waals surface area contributed by atoms with Crippen LogP contribution in [0.5, 0.6) is 0 Å². The number of nitrogens with two attached hydrogens (primary N) is 1. The molecule has 0 fully saturated rings. The maximum Gasteiger partial charge on any atom is 0.165 e. The van der Waals surface area contributed by atoms with Crippen LogP contribution in [0.15, 0.2) is 382 Å². The highest BCUT2D eigenvalue weighted by Gasteiger charge is 2.26. The van der Waals surface area contributed by atoms with Gasteiger partial charge in [0.1, 0.15) is 39.3 Å². The van der Waals surface area contributed by atoms with Crippen molar-refractivity contribution in [3.8, 4) is 78.7 Å². The lowest BCUT2D eigenvalue weighted by atomic mass is 9.83. The first-order valence-electron chi connectivity index (χ1n) is 39.4. The van der Waals surface area contributed by atoms with Gasteiger partial charge in [0.25, 0.3) is 0 Å². The van der Waals surface area contributed by atoms with Crippen molar-refractivity contribution in [2.75, 3.05) is 0 Å². The first-order chi connectivity index (χ1) is 57.7. The number of hydrogen-bond donors (Lipinski definition) is 1. The maximum absolute atomic E-state index is 7.25. The Labute approximate surface area is 675 Å². The number of fused-ring (bicyclic) bond motifs is 16. The molecule has 0 amide bonds. The average Bonchev–Trinajstić information content (AvgIpc) is 1.63. The van der Waals surface area contributed by atoms with Crippen molar-refractivity contribution in [2.24, 2.45) is 15.7 Å². The molecule has 117 heavy (non-hydrogen) atoms. The number of thiophene rings is 1. The summed E-state index contributed by atoms with van der Waals surface area (Å²) in [5.74, 6) is 2.61. The molecule has 548 valence electrons. The van der Waals surface area contributed by atoms with Crippen LogP contribution in [0.2, 0.25) is 0 Å². The molecule has 0 aliphatic heterocycles. The summed E-state index contributed by atoms with van der Waals surface area (Å²) in [5, 5.41) is 15.2. The van der Waals surface area contributed by atoms with E-state index in [2.05, 4.69) is 304 Å². The van der Waals surface area contributed by atoms with Crippen molar-refractivity contribution in [3.05, 3.63) is 392 Å². The van der Waals surface area contributed by atoms with Crippen LogP contribution in [0.4, 0.5) is 0 Å². The molecule has 1 atom stereocenters. The van der Waals surface area contributed by atoms with E-state index in [4.69, 9.17) is 43.9 Å². The molecule has 1 aliphatic rings. The van der Waals surface area contributed by atoms with E-state index in [0.29, 0.717) is 34.8 Å². The third-order valence-corrected chi connectivity index (χ3v) is 24.6. The summed E-state index contributed by atoms with van der Waals surface area (Å²) in [6, 6.07) is 122. The lowest BCUT2D eigenvalue weighted by Gasteiger charge is -2.21. The monoisotopic (exact) mass is 1510 g/mol. The molecule has 10 heteroatoms. The number of rotatable bonds is 12. The van der Waals surface area contributed by atoms with Gasteiger partial charge < -0.3 is 19.0 Å². The van der Waals surface area contributed by atoms with Crippen molar-refractivity contribution in [3.63, 3.8) is 0 Å². The first-order valence-corrected chi connectivity index (χ1v) is 40.2. The summed E-state index contributed by atoms with van der Waals surface area (Å²) < 4.78 is 22.2. The smallest absolute Gasteiger partial charge is 0.165 e. The second kappa shape index (κ2) is 27.3. The normalized spacial score (nSPS) is 13.3. The van der Waals surface area contributed by atoms with E-state index in [1.807, 2.05) is 72.0 Å². The summed E-state index contributed by atoms with van der Waals surface area (Å²) in [6.07, 6.45) is 5.47. The van der Waals surface area contributed by atoms with Crippen LogP contribution in [-0.2, 0) is 6.42 Å². The molecule has 9 nitrogen and oxygen atoms in total. The Hall–Kier alpha value is -15.2. The van der Waals surface area contributed by atoms with Crippen molar-refractivity contribution in [2.45, 2.75) is 12.3 Å². The Bertz CT molecular complexity index is 8030. The van der Waals surface area contributed by atoms with E-state index in [9.17, 15) is 0 Å². The van der Waals surface area contributed by atoms with Gasteiger partial charge in [0, 0.05) is 97.4 Å². The molecule has 0 radical (unpaired) electrons. The molecular formula is C107H66N6O3S. The number of aromatic nitrogens is 3. The van der Waals surface area contributed by atoms with E-state index in [0.717, 1.165) is 172 Å². The number of amidine groups is 2. The Morgan fingerprint density at radius 2 is 0.915 bits per heavy atom. The quantitative estimate of drug-likeness (QED) is 0.0953. The molecule has 5 aromatic heterocycles. The third kappa shape index (κ3) is 11.8. The Balaban J connectivity index is 0.555. The van der Waals surface area contributed by atoms with Gasteiger partial charge in [-0.25, -0.2) is 24.9 Å². The SMILES string of the molecule is C=C(N=C(N=C(N)c1ccc2ccc(C3C=Cc4cc(-c5ccc(-c6nc(-c7ccc8ccccc8c7)nc(-c7c(-c8ccc9sc%10ccccc%10c9c8)ccc8oc9ccccc9c78)n6)cc5)ccc4C3)cc2c1)c1ccc(-c2ccc3ccccc3c2)cc1)c1cccc2oc3ccc(-c4cccc5c4oc4ccccc45)cc3c12. The second-order valence-electron chi connectivity index (χ2n) is 30.4. The first kappa shape index (κ1) is 67.5. The minimum atomic E-state index is 0.142. The van der Waals surface area contributed by atoms with Gasteiger partial charge in [0.2, 0.25) is 0 Å². The molecule has 22 aromatic rings. The minimum Gasteiger partial charge on any atom is -0.456 e. The second-order valence-corrected chi connectivity index (χ2v) is 31.5. The Morgan fingerprint density at radius 3 is 1.74 bits per heavy atom. The van der Waals surface area contributed by atoms with Gasteiger partial charge in [0.15, 0.2) is 23.3 Å². The van der Waals surface area contributed by atoms with Gasteiger partial charge in [-0.1, -0.05) is 280 Å². The van der Waals surface area contributed by atoms with E-state index < -0.39 is 0 Å². The standard InChI is InChI=1S/C107H66N6O3S/c1-62(83-21-13-26-95-99(83)91-61-79(48-51-94(91)115-95)85-22-12-23-88-86-18-6-9-24-92(86)116-102(85)88)109-104(68-36-28-65(29-37-68)72-40-32-63-14-2-4-16-70(63)54-72)110-103(108)80-46-34-67-33-41-77(58-82(67)59-80)76-45-44-74-55-73(42-43-75(74)56-76)66-30-38-69(39-31-66)105-111-106(81-47-35-64-15-3-5-17-71(64)57-81)113-107(112-105)101-84(50-52-96-100(101)89-20-7-10-25-93(89)114-96)78-49-53-98-90(60-78)87-19-8-11-27-97(87)117-98/h2-55,57-61,76H,1,56H2,(H2,108,109,110). The summed E-state index contributed by atoms with van der Waals surface area (Å²) in [5.41, 5.74) is 29.7. The number of hydrogen-bond acceptors (Lipinski definition) is 8. The molecule has 2 N–H and O–H groups in total. The van der Waals surface area contributed by atoms with Crippen molar-refractivity contribution in [1.29, 1.82) is 0 Å². The molecule has 23 rings (SSSR count). The highest BCUT2D eigenvalue weighted by molar-refractivity contribution is 7.25. The van der Waals surface area contributed by atoms with Crippen LogP contribution < -0.4 is 5.73 Å². The van der Waals surface area contributed by atoms with Gasteiger partial charge in [-0.05, 0) is 179 Å². The number of para-hydroxylation sites is 3. The molecule has 0 bridgehead atoms. The predicted octanol–water partition coefficient (Wildman–Crippen LogP) is 28.2. The van der Waals surface area contributed by atoms with Gasteiger partial charge in [0.05, 0.1) is 5.70 Å². The zero-order valence-corrected chi connectivity index (χ0v) is 63.8. The van der Waals surface area contributed by atoms with Crippen LogP contribution in [0, 0.1) is 0 Å². The van der Waals surface area contributed by atoms with Crippen LogP contribution in [0.3, 0.4) is 0 Å². The molecule has 0 saturated heterocycles. The molecule has 1 aliphatic carbocycles. The van der Waals surface area contributed by atoms with Crippen molar-refractivity contribution < 1.29 is 13.3 Å². The largest absolute Gasteiger partial charge is 0.456 e. The molecule has 0 spiro atoms. The predicted molar refractivity (Wildman–Crippen MR) is 486 cm³/mol. The van der Waals surface area contributed by atoms with Crippen LogP contribution in [0.1, 0.15) is 39.3 Å². The molecule has 0 saturated carbocycles. The number of nitrogens with zero attached hydrogens (tertiary/aromatic N) is 5. The highest BCUT2D eigenvalue weighted by Crippen LogP contribution is 2.47. The summed E-state index contributed by atoms with van der Waals surface area (Å²) in [7, 11) is 0. The number of benzene rings is 17. The summed E-state index contributed by atoms with van der Waals surface area (Å²) >= 11 is 1.82. The topological polar surface area (TPSA) is 129 Å².